The summed E-state index contributed by atoms with van der Waals surface area (Å²) in [5, 5.41) is 1.08. The fraction of sp³-hybridized carbons (Fsp3) is 0.289. The fourth-order valence-electron chi connectivity index (χ4n) is 7.98. The van der Waals surface area contributed by atoms with Gasteiger partial charge in [-0.15, -0.1) is 11.6 Å². The van der Waals surface area contributed by atoms with Crippen molar-refractivity contribution in [3.05, 3.63) is 107 Å². The van der Waals surface area contributed by atoms with Crippen molar-refractivity contribution in [1.82, 2.24) is 4.98 Å². The van der Waals surface area contributed by atoms with E-state index in [2.05, 4.69) is 12.2 Å². The predicted octanol–water partition coefficient (Wildman–Crippen LogP) is 7.46. The highest BCUT2D eigenvalue weighted by atomic mass is 35.5. The molecule has 1 saturated heterocycles. The molecule has 3 fully saturated rings. The molecule has 236 valence electrons. The van der Waals surface area contributed by atoms with Gasteiger partial charge in [0.05, 0.1) is 34.3 Å². The molecule has 1 aromatic heterocycles. The van der Waals surface area contributed by atoms with Crippen LogP contribution in [0, 0.1) is 42.4 Å². The van der Waals surface area contributed by atoms with Crippen LogP contribution in [0.4, 0.5) is 5.69 Å². The van der Waals surface area contributed by atoms with Gasteiger partial charge in [0.25, 0.3) is 0 Å². The number of hydrogen-bond acceptors (Lipinski definition) is 6. The van der Waals surface area contributed by atoms with Crippen molar-refractivity contribution >= 4 is 63.4 Å². The first-order valence-electron chi connectivity index (χ1n) is 15.9. The Bertz CT molecular complexity index is 1970. The van der Waals surface area contributed by atoms with E-state index in [1.54, 1.807) is 54.6 Å². The SMILES string of the molecule is Cc1ccc2nc(-c3ccc(N4C(=O)C5C6C=CC(C7CC67)C5C4=O)cc3)cc(C(=O)OC(CCCl)C(=O)c3ccc(Cl)cc3)c2c1. The van der Waals surface area contributed by atoms with Gasteiger partial charge < -0.3 is 4.74 Å². The summed E-state index contributed by atoms with van der Waals surface area (Å²) >= 11 is 12.0. The van der Waals surface area contributed by atoms with Crippen LogP contribution in [0.3, 0.4) is 0 Å². The molecule has 5 aliphatic rings. The topological polar surface area (TPSA) is 93.6 Å². The molecule has 2 amide bonds. The van der Waals surface area contributed by atoms with Crippen molar-refractivity contribution in [1.29, 1.82) is 0 Å². The van der Waals surface area contributed by atoms with Gasteiger partial charge in [0.2, 0.25) is 17.6 Å². The number of anilines is 1. The number of Topliss-reactive ketones (excluding diaryl/α,β-unsaturated/α-hetero) is 1. The third-order valence-corrected chi connectivity index (χ3v) is 10.8. The molecular formula is C38H30Cl2N2O5. The van der Waals surface area contributed by atoms with Crippen LogP contribution in [0.25, 0.3) is 22.2 Å². The van der Waals surface area contributed by atoms with Crippen LogP contribution in [-0.2, 0) is 14.3 Å². The van der Waals surface area contributed by atoms with Crippen molar-refractivity contribution in [3.63, 3.8) is 0 Å². The van der Waals surface area contributed by atoms with Gasteiger partial charge in [0.1, 0.15) is 0 Å². The molecule has 7 nitrogen and oxygen atoms in total. The van der Waals surface area contributed by atoms with Crippen LogP contribution in [-0.4, -0.2) is 40.5 Å². The largest absolute Gasteiger partial charge is 0.450 e. The summed E-state index contributed by atoms with van der Waals surface area (Å²) in [5.74, 6) is -0.290. The van der Waals surface area contributed by atoms with Gasteiger partial charge in [-0.1, -0.05) is 47.5 Å². The molecule has 7 atom stereocenters. The highest BCUT2D eigenvalue weighted by Gasteiger charge is 2.67. The number of carbonyl (C=O) groups is 4. The minimum Gasteiger partial charge on any atom is -0.450 e. The van der Waals surface area contributed by atoms with Crippen LogP contribution in [0.1, 0.15) is 39.1 Å². The minimum absolute atomic E-state index is 0.110. The van der Waals surface area contributed by atoms with E-state index < -0.39 is 12.1 Å². The number of pyridine rings is 1. The molecule has 4 aliphatic carbocycles. The number of esters is 1. The van der Waals surface area contributed by atoms with Crippen LogP contribution in [0.2, 0.25) is 5.02 Å². The lowest BCUT2D eigenvalue weighted by Crippen LogP contribution is -2.40. The predicted molar refractivity (Wildman–Crippen MR) is 179 cm³/mol. The number of allylic oxidation sites excluding steroid dienone is 2. The summed E-state index contributed by atoms with van der Waals surface area (Å²) in [7, 11) is 0. The molecule has 4 aromatic rings. The molecule has 2 saturated carbocycles. The zero-order chi connectivity index (χ0) is 32.6. The highest BCUT2D eigenvalue weighted by molar-refractivity contribution is 6.30. The van der Waals surface area contributed by atoms with Gasteiger partial charge in [-0.3, -0.25) is 19.3 Å². The Morgan fingerprint density at radius 3 is 2.21 bits per heavy atom. The number of fused-ring (bicyclic) bond motifs is 1. The molecule has 1 aliphatic heterocycles. The molecule has 2 bridgehead atoms. The summed E-state index contributed by atoms with van der Waals surface area (Å²) < 4.78 is 5.83. The van der Waals surface area contributed by atoms with E-state index in [0.717, 1.165) is 12.0 Å². The van der Waals surface area contributed by atoms with Crippen LogP contribution >= 0.6 is 23.2 Å². The third-order valence-electron chi connectivity index (χ3n) is 10.3. The number of hydrogen-bond donors (Lipinski definition) is 0. The minimum atomic E-state index is -1.09. The molecule has 9 heteroatoms. The van der Waals surface area contributed by atoms with E-state index in [-0.39, 0.29) is 59.1 Å². The number of ether oxygens (including phenoxy) is 1. The lowest BCUT2D eigenvalue weighted by Gasteiger charge is -2.37. The van der Waals surface area contributed by atoms with E-state index in [1.165, 1.54) is 4.90 Å². The first-order valence-corrected chi connectivity index (χ1v) is 16.8. The number of benzene rings is 3. The Labute approximate surface area is 281 Å². The Hall–Kier alpha value is -4.33. The van der Waals surface area contributed by atoms with Crippen LogP contribution in [0.5, 0.6) is 0 Å². The normalized spacial score (nSPS) is 25.9. The maximum atomic E-state index is 13.8. The van der Waals surface area contributed by atoms with Gasteiger partial charge in [0, 0.05) is 33.8 Å². The lowest BCUT2D eigenvalue weighted by molar-refractivity contribution is -0.124. The number of halogens is 2. The second-order valence-corrected chi connectivity index (χ2v) is 13.8. The second-order valence-electron chi connectivity index (χ2n) is 13.0. The van der Waals surface area contributed by atoms with Gasteiger partial charge in [0.15, 0.2) is 6.10 Å². The average molecular weight is 666 g/mol. The van der Waals surface area contributed by atoms with Crippen molar-refractivity contribution < 1.29 is 23.9 Å². The van der Waals surface area contributed by atoms with Crippen LogP contribution in [0.15, 0.2) is 84.9 Å². The number of nitrogens with zero attached hydrogens (tertiary/aromatic N) is 2. The van der Waals surface area contributed by atoms with E-state index in [9.17, 15) is 19.2 Å². The number of alkyl halides is 1. The van der Waals surface area contributed by atoms with Gasteiger partial charge >= 0.3 is 5.97 Å². The number of aryl methyl sites for hydroxylation is 1. The van der Waals surface area contributed by atoms with Crippen LogP contribution < -0.4 is 4.90 Å². The molecule has 0 radical (unpaired) electrons. The molecule has 3 aromatic carbocycles. The van der Waals surface area contributed by atoms with Crippen molar-refractivity contribution in [3.8, 4) is 11.3 Å². The Morgan fingerprint density at radius 1 is 0.915 bits per heavy atom. The maximum Gasteiger partial charge on any atom is 0.339 e. The zero-order valence-corrected chi connectivity index (χ0v) is 26.9. The summed E-state index contributed by atoms with van der Waals surface area (Å²) in [5.41, 5.74) is 3.87. The van der Waals surface area contributed by atoms with Gasteiger partial charge in [-0.05, 0) is 91.6 Å². The monoisotopic (exact) mass is 664 g/mol. The second kappa shape index (κ2) is 11.4. The summed E-state index contributed by atoms with van der Waals surface area (Å²) in [6, 6.07) is 20.8. The Balaban J connectivity index is 1.09. The first-order chi connectivity index (χ1) is 22.7. The quantitative estimate of drug-likeness (QED) is 0.0638. The zero-order valence-electron chi connectivity index (χ0n) is 25.4. The fourth-order valence-corrected chi connectivity index (χ4v) is 8.31. The number of amides is 2. The highest BCUT2D eigenvalue weighted by Crippen LogP contribution is 2.65. The van der Waals surface area contributed by atoms with E-state index in [0.29, 0.717) is 50.3 Å². The maximum absolute atomic E-state index is 13.8. The van der Waals surface area contributed by atoms with Gasteiger partial charge in [-0.2, -0.15) is 0 Å². The Kier molecular flexibility index (Phi) is 7.30. The molecule has 47 heavy (non-hydrogen) atoms. The number of ketones is 1. The standard InChI is InChI=1S/C38H30Cl2N2O5/c1-19-2-13-30-28(16-19)29(38(46)47-32(14-15-39)35(43)21-3-7-22(40)8-4-21)18-31(41-30)20-5-9-23(10-6-20)42-36(44)33-24-11-12-25(27-17-26(24)27)34(33)37(42)45/h2-13,16,18,24-27,32-34H,14-15,17H2,1H3. The molecule has 2 heterocycles. The number of imide groups is 1. The van der Waals surface area contributed by atoms with Crippen molar-refractivity contribution in [2.24, 2.45) is 35.5 Å². The van der Waals surface area contributed by atoms with E-state index >= 15 is 0 Å². The summed E-state index contributed by atoms with van der Waals surface area (Å²) in [6.07, 6.45) is 4.49. The summed E-state index contributed by atoms with van der Waals surface area (Å²) in [6.45, 7) is 1.92. The molecular weight excluding hydrogens is 635 g/mol. The Morgan fingerprint density at radius 2 is 1.57 bits per heavy atom. The van der Waals surface area contributed by atoms with Gasteiger partial charge in [-0.25, -0.2) is 9.78 Å². The van der Waals surface area contributed by atoms with Crippen molar-refractivity contribution in [2.75, 3.05) is 10.8 Å². The molecule has 7 unspecified atom stereocenters. The smallest absolute Gasteiger partial charge is 0.339 e. The average Bonchev–Trinajstić information content (AvgIpc) is 3.86. The summed E-state index contributed by atoms with van der Waals surface area (Å²) in [4.78, 5) is 60.5. The first kappa shape index (κ1) is 30.0. The number of aromatic nitrogens is 1. The third kappa shape index (κ3) is 4.99. The number of carbonyl (C=O) groups excluding carboxylic acids is 4. The molecule has 0 N–H and O–H groups in total. The molecule has 0 spiro atoms. The van der Waals surface area contributed by atoms with E-state index in [4.69, 9.17) is 32.9 Å². The van der Waals surface area contributed by atoms with Crippen molar-refractivity contribution in [2.45, 2.75) is 25.9 Å². The number of rotatable bonds is 8. The lowest BCUT2D eigenvalue weighted by atomic mass is 9.63. The van der Waals surface area contributed by atoms with E-state index in [1.807, 2.05) is 25.1 Å². The molecule has 9 rings (SSSR count).